The van der Waals surface area contributed by atoms with E-state index < -0.39 is 12.2 Å². The van der Waals surface area contributed by atoms with E-state index in [-0.39, 0.29) is 30.1 Å². The maximum absolute atomic E-state index is 10.2. The molecule has 3 aliphatic rings. The number of hydrogen-bond acceptors (Lipinski definition) is 5. The summed E-state index contributed by atoms with van der Waals surface area (Å²) in [5, 5.41) is 20.2. The lowest BCUT2D eigenvalue weighted by Gasteiger charge is -2.28. The second-order valence-corrected chi connectivity index (χ2v) is 5.54. The van der Waals surface area contributed by atoms with Crippen molar-refractivity contribution in [3.8, 4) is 0 Å². The first-order chi connectivity index (χ1) is 9.13. The Balaban J connectivity index is 1.80. The summed E-state index contributed by atoms with van der Waals surface area (Å²) in [4.78, 5) is 8.65. The van der Waals surface area contributed by atoms with Gasteiger partial charge in [-0.05, 0) is 13.3 Å². The van der Waals surface area contributed by atoms with Gasteiger partial charge >= 0.3 is 0 Å². The topological polar surface area (TPSA) is 74.4 Å². The first-order valence-corrected chi connectivity index (χ1v) is 6.89. The van der Waals surface area contributed by atoms with E-state index in [0.717, 1.165) is 5.71 Å². The zero-order valence-corrected chi connectivity index (χ0v) is 11.2. The summed E-state index contributed by atoms with van der Waals surface area (Å²) in [6.45, 7) is 3.94. The Hall–Kier alpha value is -1.04. The Morgan fingerprint density at radius 3 is 2.74 bits per heavy atom. The van der Waals surface area contributed by atoms with Gasteiger partial charge in [-0.15, -0.1) is 0 Å². The van der Waals surface area contributed by atoms with Crippen LogP contribution in [-0.4, -0.2) is 52.7 Å². The van der Waals surface area contributed by atoms with Gasteiger partial charge in [0.25, 0.3) is 0 Å². The van der Waals surface area contributed by atoms with Crippen molar-refractivity contribution in [3.05, 3.63) is 12.2 Å². The van der Waals surface area contributed by atoms with Crippen molar-refractivity contribution in [2.75, 3.05) is 0 Å². The molecule has 0 aromatic rings. The predicted molar refractivity (Wildman–Crippen MR) is 72.5 cm³/mol. The van der Waals surface area contributed by atoms with Gasteiger partial charge in [0.05, 0.1) is 18.2 Å². The molecule has 0 radical (unpaired) electrons. The van der Waals surface area contributed by atoms with Crippen molar-refractivity contribution >= 4 is 12.1 Å². The van der Waals surface area contributed by atoms with Crippen LogP contribution in [0.4, 0.5) is 0 Å². The van der Waals surface area contributed by atoms with Crippen molar-refractivity contribution in [1.29, 1.82) is 0 Å². The predicted octanol–water partition coefficient (Wildman–Crippen LogP) is 0.559. The molecular weight excluding hydrogens is 244 g/mol. The molecule has 3 rings (SSSR count). The molecule has 7 atom stereocenters. The molecule has 104 valence electrons. The number of aliphatic hydroxyl groups excluding tert-OH is 2. The minimum Gasteiger partial charge on any atom is -0.388 e. The highest BCUT2D eigenvalue weighted by molar-refractivity contribution is 5.94. The average molecular weight is 264 g/mol. The van der Waals surface area contributed by atoms with E-state index in [1.807, 2.05) is 13.8 Å². The molecule has 2 heterocycles. The van der Waals surface area contributed by atoms with Gasteiger partial charge in [-0.25, -0.2) is 4.99 Å². The zero-order chi connectivity index (χ0) is 13.6. The summed E-state index contributed by atoms with van der Waals surface area (Å²) in [6.07, 6.45) is 4.12. The van der Waals surface area contributed by atoms with Crippen molar-refractivity contribution in [2.24, 2.45) is 21.8 Å². The van der Waals surface area contributed by atoms with Crippen LogP contribution < -0.4 is 0 Å². The second kappa shape index (κ2) is 4.81. The molecule has 1 aliphatic carbocycles. The van der Waals surface area contributed by atoms with Crippen LogP contribution in [0.15, 0.2) is 22.1 Å². The molecule has 0 aromatic carbocycles. The number of aliphatic imine (C=N–C) groups is 2. The number of aliphatic hydroxyl groups is 2. The molecule has 0 saturated carbocycles. The van der Waals surface area contributed by atoms with Crippen molar-refractivity contribution in [2.45, 2.75) is 50.7 Å². The van der Waals surface area contributed by atoms with E-state index in [9.17, 15) is 10.2 Å². The highest BCUT2D eigenvalue weighted by Gasteiger charge is 2.49. The van der Waals surface area contributed by atoms with Gasteiger partial charge in [-0.3, -0.25) is 4.99 Å². The van der Waals surface area contributed by atoms with Crippen LogP contribution in [0.1, 0.15) is 20.3 Å². The van der Waals surface area contributed by atoms with Crippen LogP contribution in [0.2, 0.25) is 0 Å². The molecule has 2 aliphatic heterocycles. The van der Waals surface area contributed by atoms with Crippen LogP contribution >= 0.6 is 0 Å². The van der Waals surface area contributed by atoms with E-state index >= 15 is 0 Å². The lowest BCUT2D eigenvalue weighted by atomic mass is 9.87. The summed E-state index contributed by atoms with van der Waals surface area (Å²) in [5.41, 5.74) is 1.04. The Morgan fingerprint density at radius 1 is 1.26 bits per heavy atom. The smallest absolute Gasteiger partial charge is 0.110 e. The number of nitrogens with zero attached hydrogens (tertiary/aromatic N) is 2. The molecule has 0 aromatic heterocycles. The average Bonchev–Trinajstić information content (AvgIpc) is 2.94. The molecule has 0 amide bonds. The van der Waals surface area contributed by atoms with Gasteiger partial charge in [0.1, 0.15) is 18.5 Å². The van der Waals surface area contributed by atoms with Crippen LogP contribution in [0, 0.1) is 11.8 Å². The van der Waals surface area contributed by atoms with Crippen molar-refractivity contribution in [1.82, 2.24) is 0 Å². The van der Waals surface area contributed by atoms with E-state index in [1.54, 1.807) is 6.34 Å². The van der Waals surface area contributed by atoms with Crippen LogP contribution in [-0.2, 0) is 4.74 Å². The fraction of sp³-hybridized carbons (Fsp3) is 0.714. The quantitative estimate of drug-likeness (QED) is 0.716. The monoisotopic (exact) mass is 264 g/mol. The number of ether oxygens (including phenoxy) is 1. The van der Waals surface area contributed by atoms with Gasteiger partial charge in [0, 0.05) is 17.5 Å². The molecule has 0 spiro atoms. The highest BCUT2D eigenvalue weighted by atomic mass is 16.5. The van der Waals surface area contributed by atoms with Gasteiger partial charge < -0.3 is 14.9 Å². The fourth-order valence-electron chi connectivity index (χ4n) is 3.32. The lowest BCUT2D eigenvalue weighted by molar-refractivity contribution is -0.0194. The molecule has 1 saturated heterocycles. The summed E-state index contributed by atoms with van der Waals surface area (Å²) in [5.74, 6) is 0.205. The summed E-state index contributed by atoms with van der Waals surface area (Å²) in [6, 6.07) is 0.0416. The molecule has 5 nitrogen and oxygen atoms in total. The minimum atomic E-state index is -0.840. The first kappa shape index (κ1) is 13.0. The van der Waals surface area contributed by atoms with Gasteiger partial charge in [0.15, 0.2) is 0 Å². The van der Waals surface area contributed by atoms with Gasteiger partial charge in [-0.2, -0.15) is 0 Å². The van der Waals surface area contributed by atoms with E-state index in [2.05, 4.69) is 22.1 Å². The molecule has 2 N–H and O–H groups in total. The van der Waals surface area contributed by atoms with Crippen LogP contribution in [0.5, 0.6) is 0 Å². The molecule has 1 fully saturated rings. The number of rotatable bonds is 2. The Labute approximate surface area is 112 Å². The highest BCUT2D eigenvalue weighted by Crippen LogP contribution is 2.38. The zero-order valence-electron chi connectivity index (χ0n) is 11.2. The standard InChI is InChI=1S/C14H20N2O3/c1-3-10-12(17)13(18)14(19-10)9-5-4-8-7(2)15-6-16-11(8)9/h4-6,8-14,17-18H,3H2,1-2H3/t8?,9?,10-,11?,12?,13+,14+/m1/s1. The molecule has 0 bridgehead atoms. The largest absolute Gasteiger partial charge is 0.388 e. The second-order valence-electron chi connectivity index (χ2n) is 5.54. The Bertz CT molecular complexity index is 446. The number of fused-ring (bicyclic) bond motifs is 1. The van der Waals surface area contributed by atoms with Crippen molar-refractivity contribution < 1.29 is 14.9 Å². The maximum Gasteiger partial charge on any atom is 0.110 e. The third kappa shape index (κ3) is 1.96. The van der Waals surface area contributed by atoms with Crippen LogP contribution in [0.25, 0.3) is 0 Å². The molecular formula is C14H20N2O3. The third-order valence-corrected chi connectivity index (χ3v) is 4.47. The van der Waals surface area contributed by atoms with Crippen molar-refractivity contribution in [3.63, 3.8) is 0 Å². The molecule has 4 unspecified atom stereocenters. The summed E-state index contributed by atoms with van der Waals surface area (Å²) >= 11 is 0. The van der Waals surface area contributed by atoms with Gasteiger partial charge in [-0.1, -0.05) is 19.1 Å². The van der Waals surface area contributed by atoms with Gasteiger partial charge in [0.2, 0.25) is 0 Å². The Kier molecular flexibility index (Phi) is 3.28. The fourth-order valence-corrected chi connectivity index (χ4v) is 3.32. The molecule has 5 heteroatoms. The third-order valence-electron chi connectivity index (χ3n) is 4.47. The first-order valence-electron chi connectivity index (χ1n) is 6.89. The maximum atomic E-state index is 10.2. The van der Waals surface area contributed by atoms with E-state index in [0.29, 0.717) is 6.42 Å². The minimum absolute atomic E-state index is 0.00731. The Morgan fingerprint density at radius 2 is 2.05 bits per heavy atom. The number of hydrogen-bond donors (Lipinski definition) is 2. The normalized spacial score (nSPS) is 48.4. The van der Waals surface area contributed by atoms with E-state index in [1.165, 1.54) is 0 Å². The summed E-state index contributed by atoms with van der Waals surface area (Å²) in [7, 11) is 0. The SMILES string of the molecule is CC[C@H]1O[C@@H](C2C=CC3C(C)=NC=NC32)[C@@H](O)C1O. The lowest BCUT2D eigenvalue weighted by Crippen LogP contribution is -2.41. The molecule has 19 heavy (non-hydrogen) atoms. The summed E-state index contributed by atoms with van der Waals surface area (Å²) < 4.78 is 5.84. The van der Waals surface area contributed by atoms with Crippen LogP contribution in [0.3, 0.4) is 0 Å². The van der Waals surface area contributed by atoms with E-state index in [4.69, 9.17) is 4.74 Å².